The fourth-order valence-electron chi connectivity index (χ4n) is 1.33. The van der Waals surface area contributed by atoms with Gasteiger partial charge in [0.05, 0.1) is 0 Å². The predicted molar refractivity (Wildman–Crippen MR) is 63.7 cm³/mol. The lowest BCUT2D eigenvalue weighted by Crippen LogP contribution is -2.27. The van der Waals surface area contributed by atoms with Crippen molar-refractivity contribution in [1.82, 2.24) is 0 Å². The summed E-state index contributed by atoms with van der Waals surface area (Å²) in [6.07, 6.45) is 0.570. The van der Waals surface area contributed by atoms with E-state index in [1.807, 2.05) is 26.0 Å². The van der Waals surface area contributed by atoms with Gasteiger partial charge in [0.25, 0.3) is 0 Å². The highest BCUT2D eigenvalue weighted by atomic mass is 16.2. The summed E-state index contributed by atoms with van der Waals surface area (Å²) in [5.41, 5.74) is 7.18. The maximum absolute atomic E-state index is 11.7. The highest BCUT2D eigenvalue weighted by Gasteiger charge is 2.11. The first-order valence-corrected chi connectivity index (χ1v) is 5.13. The third-order valence-corrected chi connectivity index (χ3v) is 2.24. The minimum Gasteiger partial charge on any atom is -0.399 e. The SMILES string of the molecule is CC(C)CC(=O)N(C)c1ccc(N)cc1. The van der Waals surface area contributed by atoms with Gasteiger partial charge in [-0.2, -0.15) is 0 Å². The number of rotatable bonds is 3. The zero-order valence-corrected chi connectivity index (χ0v) is 9.53. The van der Waals surface area contributed by atoms with E-state index >= 15 is 0 Å². The van der Waals surface area contributed by atoms with Gasteiger partial charge >= 0.3 is 0 Å². The van der Waals surface area contributed by atoms with E-state index < -0.39 is 0 Å². The fraction of sp³-hybridized carbons (Fsp3) is 0.417. The molecular formula is C12H18N2O. The maximum atomic E-state index is 11.7. The van der Waals surface area contributed by atoms with Crippen LogP contribution in [0.1, 0.15) is 20.3 Å². The molecule has 0 unspecified atom stereocenters. The van der Waals surface area contributed by atoms with Crippen LogP contribution in [-0.2, 0) is 4.79 Å². The summed E-state index contributed by atoms with van der Waals surface area (Å²) in [6, 6.07) is 7.31. The topological polar surface area (TPSA) is 46.3 Å². The Kier molecular flexibility index (Phi) is 3.72. The average molecular weight is 206 g/mol. The molecular weight excluding hydrogens is 188 g/mol. The molecule has 0 bridgehead atoms. The van der Waals surface area contributed by atoms with E-state index in [4.69, 9.17) is 5.73 Å². The van der Waals surface area contributed by atoms with E-state index in [0.717, 1.165) is 5.69 Å². The van der Waals surface area contributed by atoms with E-state index in [2.05, 4.69) is 0 Å². The lowest BCUT2D eigenvalue weighted by molar-refractivity contribution is -0.119. The quantitative estimate of drug-likeness (QED) is 0.771. The van der Waals surface area contributed by atoms with Crippen molar-refractivity contribution in [2.45, 2.75) is 20.3 Å². The highest BCUT2D eigenvalue weighted by Crippen LogP contribution is 2.16. The molecule has 0 spiro atoms. The number of carbonyl (C=O) groups is 1. The lowest BCUT2D eigenvalue weighted by Gasteiger charge is -2.18. The summed E-state index contributed by atoms with van der Waals surface area (Å²) < 4.78 is 0. The Balaban J connectivity index is 2.71. The molecule has 1 rings (SSSR count). The summed E-state index contributed by atoms with van der Waals surface area (Å²) in [7, 11) is 1.79. The summed E-state index contributed by atoms with van der Waals surface area (Å²) in [5, 5.41) is 0. The van der Waals surface area contributed by atoms with Crippen molar-refractivity contribution in [1.29, 1.82) is 0 Å². The number of carbonyl (C=O) groups excluding carboxylic acids is 1. The van der Waals surface area contributed by atoms with E-state index in [1.165, 1.54) is 0 Å². The number of anilines is 2. The molecule has 0 saturated heterocycles. The second-order valence-electron chi connectivity index (χ2n) is 4.14. The molecule has 0 saturated carbocycles. The number of nitrogens with two attached hydrogens (primary N) is 1. The zero-order chi connectivity index (χ0) is 11.4. The van der Waals surface area contributed by atoms with Crippen LogP contribution in [0.4, 0.5) is 11.4 Å². The zero-order valence-electron chi connectivity index (χ0n) is 9.53. The molecule has 0 radical (unpaired) electrons. The molecule has 0 aliphatic carbocycles. The molecule has 1 amide bonds. The Morgan fingerprint density at radius 3 is 2.33 bits per heavy atom. The van der Waals surface area contributed by atoms with Crippen LogP contribution in [0.5, 0.6) is 0 Å². The molecule has 3 nitrogen and oxygen atoms in total. The first-order valence-electron chi connectivity index (χ1n) is 5.13. The molecule has 0 atom stereocenters. The van der Waals surface area contributed by atoms with E-state index in [-0.39, 0.29) is 5.91 Å². The molecule has 3 heteroatoms. The maximum Gasteiger partial charge on any atom is 0.226 e. The van der Waals surface area contributed by atoms with Gasteiger partial charge in [-0.05, 0) is 30.2 Å². The highest BCUT2D eigenvalue weighted by molar-refractivity contribution is 5.93. The van der Waals surface area contributed by atoms with Gasteiger partial charge in [-0.3, -0.25) is 4.79 Å². The van der Waals surface area contributed by atoms with Gasteiger partial charge in [-0.25, -0.2) is 0 Å². The molecule has 1 aromatic carbocycles. The molecule has 1 aromatic rings. The van der Waals surface area contributed by atoms with Crippen LogP contribution in [0.15, 0.2) is 24.3 Å². The standard InChI is InChI=1S/C12H18N2O/c1-9(2)8-12(15)14(3)11-6-4-10(13)5-7-11/h4-7,9H,8,13H2,1-3H3. The normalized spacial score (nSPS) is 10.4. The second-order valence-corrected chi connectivity index (χ2v) is 4.14. The van der Waals surface area contributed by atoms with Crippen molar-refractivity contribution < 1.29 is 4.79 Å². The monoisotopic (exact) mass is 206 g/mol. The van der Waals surface area contributed by atoms with Gasteiger partial charge in [0, 0.05) is 24.8 Å². The first kappa shape index (κ1) is 11.6. The Morgan fingerprint density at radius 1 is 1.33 bits per heavy atom. The van der Waals surface area contributed by atoms with Crippen molar-refractivity contribution in [3.8, 4) is 0 Å². The Labute approximate surface area is 90.9 Å². The summed E-state index contributed by atoms with van der Waals surface area (Å²) in [6.45, 7) is 4.07. The van der Waals surface area contributed by atoms with Gasteiger partial charge in [0.2, 0.25) is 5.91 Å². The molecule has 2 N–H and O–H groups in total. The van der Waals surface area contributed by atoms with Gasteiger partial charge in [0.15, 0.2) is 0 Å². The number of hydrogen-bond donors (Lipinski definition) is 1. The molecule has 0 aliphatic rings. The van der Waals surface area contributed by atoms with E-state index in [1.54, 1.807) is 24.1 Å². The molecule has 15 heavy (non-hydrogen) atoms. The lowest BCUT2D eigenvalue weighted by atomic mass is 10.1. The molecule has 0 heterocycles. The Bertz CT molecular complexity index is 330. The van der Waals surface area contributed by atoms with Crippen LogP contribution in [-0.4, -0.2) is 13.0 Å². The largest absolute Gasteiger partial charge is 0.399 e. The fourth-order valence-corrected chi connectivity index (χ4v) is 1.33. The van der Waals surface area contributed by atoms with Crippen LogP contribution >= 0.6 is 0 Å². The number of hydrogen-bond acceptors (Lipinski definition) is 2. The van der Waals surface area contributed by atoms with Crippen molar-refractivity contribution >= 4 is 17.3 Å². The minimum absolute atomic E-state index is 0.134. The van der Waals surface area contributed by atoms with Crippen LogP contribution in [0.2, 0.25) is 0 Å². The van der Waals surface area contributed by atoms with E-state index in [0.29, 0.717) is 18.0 Å². The van der Waals surface area contributed by atoms with Crippen molar-refractivity contribution in [2.75, 3.05) is 17.7 Å². The minimum atomic E-state index is 0.134. The van der Waals surface area contributed by atoms with Gasteiger partial charge in [-0.1, -0.05) is 13.8 Å². The Hall–Kier alpha value is -1.51. The van der Waals surface area contributed by atoms with E-state index in [9.17, 15) is 4.79 Å². The third-order valence-electron chi connectivity index (χ3n) is 2.24. The number of nitrogen functional groups attached to an aromatic ring is 1. The van der Waals surface area contributed by atoms with Crippen molar-refractivity contribution in [3.05, 3.63) is 24.3 Å². The predicted octanol–water partition coefficient (Wildman–Crippen LogP) is 2.28. The van der Waals surface area contributed by atoms with Gasteiger partial charge in [-0.15, -0.1) is 0 Å². The van der Waals surface area contributed by atoms with Crippen molar-refractivity contribution in [2.24, 2.45) is 5.92 Å². The van der Waals surface area contributed by atoms with Crippen LogP contribution < -0.4 is 10.6 Å². The first-order chi connectivity index (χ1) is 7.00. The number of benzene rings is 1. The third kappa shape index (κ3) is 3.27. The average Bonchev–Trinajstić information content (AvgIpc) is 2.17. The van der Waals surface area contributed by atoms with Crippen LogP contribution in [0.25, 0.3) is 0 Å². The number of nitrogens with zero attached hydrogens (tertiary/aromatic N) is 1. The van der Waals surface area contributed by atoms with Crippen molar-refractivity contribution in [3.63, 3.8) is 0 Å². The summed E-state index contributed by atoms with van der Waals surface area (Å²) in [5.74, 6) is 0.517. The second kappa shape index (κ2) is 4.82. The number of amides is 1. The smallest absolute Gasteiger partial charge is 0.226 e. The molecule has 82 valence electrons. The summed E-state index contributed by atoms with van der Waals surface area (Å²) in [4.78, 5) is 13.4. The van der Waals surface area contributed by atoms with Crippen LogP contribution in [0.3, 0.4) is 0 Å². The van der Waals surface area contributed by atoms with Crippen LogP contribution in [0, 0.1) is 5.92 Å². The molecule has 0 fully saturated rings. The van der Waals surface area contributed by atoms with Gasteiger partial charge < -0.3 is 10.6 Å². The van der Waals surface area contributed by atoms with Gasteiger partial charge in [0.1, 0.15) is 0 Å². The summed E-state index contributed by atoms with van der Waals surface area (Å²) >= 11 is 0. The Morgan fingerprint density at radius 2 is 1.87 bits per heavy atom. The molecule has 0 aromatic heterocycles. The molecule has 0 aliphatic heterocycles.